The van der Waals surface area contributed by atoms with Crippen LogP contribution in [0.2, 0.25) is 0 Å². The number of anilines is 4. The molecule has 1 aliphatic rings. The molecule has 0 saturated carbocycles. The maximum atomic E-state index is 13.6. The van der Waals surface area contributed by atoms with Gasteiger partial charge in [-0.15, -0.1) is 0 Å². The summed E-state index contributed by atoms with van der Waals surface area (Å²) in [4.78, 5) is 26.9. The van der Waals surface area contributed by atoms with E-state index in [0.717, 1.165) is 11.4 Å². The van der Waals surface area contributed by atoms with Gasteiger partial charge in [-0.3, -0.25) is 9.59 Å². The van der Waals surface area contributed by atoms with E-state index in [1.54, 1.807) is 36.4 Å². The van der Waals surface area contributed by atoms with Gasteiger partial charge in [0.1, 0.15) is 0 Å². The minimum atomic E-state index is -0.268. The fourth-order valence-electron chi connectivity index (χ4n) is 4.02. The van der Waals surface area contributed by atoms with Crippen LogP contribution in [0, 0.1) is 0 Å². The van der Waals surface area contributed by atoms with E-state index >= 15 is 0 Å². The van der Waals surface area contributed by atoms with E-state index in [-0.39, 0.29) is 22.2 Å². The highest BCUT2D eigenvalue weighted by Crippen LogP contribution is 2.37. The summed E-state index contributed by atoms with van der Waals surface area (Å²) >= 11 is 11.1. The number of fused-ring (bicyclic) bond motifs is 2. The molecule has 4 aromatic carbocycles. The second-order valence-electron chi connectivity index (χ2n) is 8.00. The van der Waals surface area contributed by atoms with Gasteiger partial charge in [0, 0.05) is 28.1 Å². The van der Waals surface area contributed by atoms with Crippen LogP contribution < -0.4 is 21.3 Å². The van der Waals surface area contributed by atoms with Crippen LogP contribution in [0.4, 0.5) is 22.7 Å². The molecule has 176 valence electrons. The van der Waals surface area contributed by atoms with Gasteiger partial charge in [-0.1, -0.05) is 60.7 Å². The molecular weight excluding hydrogens is 488 g/mol. The number of ketones is 2. The smallest absolute Gasteiger partial charge is 0.196 e. The van der Waals surface area contributed by atoms with Crippen LogP contribution >= 0.6 is 24.4 Å². The molecule has 4 aromatic rings. The van der Waals surface area contributed by atoms with Crippen LogP contribution in [0.3, 0.4) is 0 Å². The van der Waals surface area contributed by atoms with Crippen molar-refractivity contribution in [1.29, 1.82) is 0 Å². The molecule has 8 heteroatoms. The molecule has 0 bridgehead atoms. The van der Waals surface area contributed by atoms with Crippen LogP contribution in [0.1, 0.15) is 31.8 Å². The molecule has 36 heavy (non-hydrogen) atoms. The molecule has 0 amide bonds. The standard InChI is InChI=1S/C28H20N4O2S2/c33-25-19-13-7-8-14-20(19)26(34)23-21(25)15-16-22(31-27(35)29-17-9-3-1-4-10-17)24(23)32-28(36)30-18-11-5-2-6-12-18/h1-16H,(H2,29,31,35)(H2,30,32,36). The minimum absolute atomic E-state index is 0.221. The van der Waals surface area contributed by atoms with Gasteiger partial charge >= 0.3 is 0 Å². The first-order valence-electron chi connectivity index (χ1n) is 11.1. The Hall–Kier alpha value is -4.40. The molecule has 0 fully saturated rings. The summed E-state index contributed by atoms with van der Waals surface area (Å²) in [5.74, 6) is -0.488. The topological polar surface area (TPSA) is 82.3 Å². The fraction of sp³-hybridized carbons (Fsp3) is 0. The quantitative estimate of drug-likeness (QED) is 0.218. The SMILES string of the molecule is O=C1c2ccccc2C(=O)c2c1ccc(NC(=S)Nc1ccccc1)c2NC(=S)Nc1ccccc1. The third-order valence-corrected chi connectivity index (χ3v) is 6.05. The number of carbonyl (C=O) groups is 2. The first kappa shape index (κ1) is 23.3. The number of thiocarbonyl (C=S) groups is 2. The Bertz CT molecular complexity index is 1500. The maximum Gasteiger partial charge on any atom is 0.196 e. The summed E-state index contributed by atoms with van der Waals surface area (Å²) in [6.45, 7) is 0. The van der Waals surface area contributed by atoms with Gasteiger partial charge in [-0.05, 0) is 60.8 Å². The van der Waals surface area contributed by atoms with Crippen molar-refractivity contribution in [2.24, 2.45) is 0 Å². The monoisotopic (exact) mass is 508 g/mol. The fourth-order valence-corrected chi connectivity index (χ4v) is 4.47. The van der Waals surface area contributed by atoms with Crippen LogP contribution in [0.25, 0.3) is 0 Å². The van der Waals surface area contributed by atoms with Crippen molar-refractivity contribution >= 4 is 69.0 Å². The Morgan fingerprint density at radius 1 is 0.500 bits per heavy atom. The van der Waals surface area contributed by atoms with Crippen molar-refractivity contribution in [2.45, 2.75) is 0 Å². The van der Waals surface area contributed by atoms with Crippen molar-refractivity contribution in [3.8, 4) is 0 Å². The number of para-hydroxylation sites is 2. The predicted octanol–water partition coefficient (Wildman–Crippen LogP) is 6.08. The molecule has 0 aromatic heterocycles. The normalized spacial score (nSPS) is 11.7. The van der Waals surface area contributed by atoms with Crippen molar-refractivity contribution < 1.29 is 9.59 Å². The second-order valence-corrected chi connectivity index (χ2v) is 8.82. The molecule has 0 saturated heterocycles. The van der Waals surface area contributed by atoms with Gasteiger partial charge in [0.05, 0.1) is 16.9 Å². The first-order valence-corrected chi connectivity index (χ1v) is 11.9. The average Bonchev–Trinajstić information content (AvgIpc) is 2.89. The largest absolute Gasteiger partial charge is 0.332 e. The van der Waals surface area contributed by atoms with Gasteiger partial charge in [0.25, 0.3) is 0 Å². The highest BCUT2D eigenvalue weighted by molar-refractivity contribution is 7.81. The zero-order valence-corrected chi connectivity index (χ0v) is 20.5. The Balaban J connectivity index is 1.53. The van der Waals surface area contributed by atoms with E-state index in [1.807, 2.05) is 60.7 Å². The number of rotatable bonds is 4. The summed E-state index contributed by atoms with van der Waals surface area (Å²) in [5.41, 5.74) is 3.73. The average molecular weight is 509 g/mol. The Labute approximate surface area is 218 Å². The van der Waals surface area contributed by atoms with E-state index in [0.29, 0.717) is 33.2 Å². The molecule has 6 nitrogen and oxygen atoms in total. The molecule has 0 spiro atoms. The molecule has 0 radical (unpaired) electrons. The maximum absolute atomic E-state index is 13.6. The summed E-state index contributed by atoms with van der Waals surface area (Å²) in [6, 6.07) is 29.0. The van der Waals surface area contributed by atoms with Crippen molar-refractivity contribution in [2.75, 3.05) is 21.3 Å². The molecule has 0 unspecified atom stereocenters. The predicted molar refractivity (Wildman–Crippen MR) is 152 cm³/mol. The van der Waals surface area contributed by atoms with Crippen LogP contribution in [0.5, 0.6) is 0 Å². The lowest BCUT2D eigenvalue weighted by molar-refractivity contribution is 0.0980. The first-order chi connectivity index (χ1) is 17.5. The van der Waals surface area contributed by atoms with Gasteiger partial charge in [-0.2, -0.15) is 0 Å². The molecule has 0 aliphatic heterocycles. The Morgan fingerprint density at radius 3 is 1.58 bits per heavy atom. The molecule has 0 heterocycles. The van der Waals surface area contributed by atoms with Gasteiger partial charge in [-0.25, -0.2) is 0 Å². The lowest BCUT2D eigenvalue weighted by Crippen LogP contribution is -2.28. The number of nitrogens with one attached hydrogen (secondary N) is 4. The lowest BCUT2D eigenvalue weighted by Gasteiger charge is -2.24. The van der Waals surface area contributed by atoms with Crippen molar-refractivity contribution in [3.63, 3.8) is 0 Å². The van der Waals surface area contributed by atoms with Crippen LogP contribution in [-0.2, 0) is 0 Å². The molecular formula is C28H20N4O2S2. The van der Waals surface area contributed by atoms with E-state index in [4.69, 9.17) is 24.4 Å². The van der Waals surface area contributed by atoms with Gasteiger partial charge < -0.3 is 21.3 Å². The van der Waals surface area contributed by atoms with E-state index in [9.17, 15) is 9.59 Å². The van der Waals surface area contributed by atoms with E-state index < -0.39 is 0 Å². The molecule has 5 rings (SSSR count). The van der Waals surface area contributed by atoms with Crippen molar-refractivity contribution in [1.82, 2.24) is 0 Å². The van der Waals surface area contributed by atoms with Gasteiger partial charge in [0.15, 0.2) is 21.8 Å². The molecule has 4 N–H and O–H groups in total. The zero-order chi connectivity index (χ0) is 25.1. The summed E-state index contributed by atoms with van der Waals surface area (Å²) in [5, 5.41) is 13.1. The number of benzene rings is 4. The highest BCUT2D eigenvalue weighted by Gasteiger charge is 2.33. The molecule has 0 atom stereocenters. The van der Waals surface area contributed by atoms with Gasteiger partial charge in [0.2, 0.25) is 0 Å². The third kappa shape index (κ3) is 4.72. The Morgan fingerprint density at radius 2 is 1.00 bits per heavy atom. The second kappa shape index (κ2) is 10.1. The number of hydrogen-bond acceptors (Lipinski definition) is 4. The Kier molecular flexibility index (Phi) is 6.53. The van der Waals surface area contributed by atoms with Crippen molar-refractivity contribution in [3.05, 3.63) is 119 Å². The summed E-state index contributed by atoms with van der Waals surface area (Å²) in [7, 11) is 0. The number of carbonyl (C=O) groups excluding carboxylic acids is 2. The van der Waals surface area contributed by atoms with E-state index in [1.165, 1.54) is 0 Å². The zero-order valence-electron chi connectivity index (χ0n) is 18.9. The molecule has 1 aliphatic carbocycles. The summed E-state index contributed by atoms with van der Waals surface area (Å²) < 4.78 is 0. The third-order valence-electron chi connectivity index (χ3n) is 5.64. The van der Waals surface area contributed by atoms with Crippen LogP contribution in [0.15, 0.2) is 97.1 Å². The van der Waals surface area contributed by atoms with Crippen LogP contribution in [-0.4, -0.2) is 21.8 Å². The lowest BCUT2D eigenvalue weighted by atomic mass is 9.83. The van der Waals surface area contributed by atoms with E-state index in [2.05, 4.69) is 21.3 Å². The minimum Gasteiger partial charge on any atom is -0.332 e. The number of hydrogen-bond donors (Lipinski definition) is 4. The highest BCUT2D eigenvalue weighted by atomic mass is 32.1. The summed E-state index contributed by atoms with van der Waals surface area (Å²) in [6.07, 6.45) is 0.